The Hall–Kier alpha value is -7.80. The third kappa shape index (κ3) is 18.5. The first-order chi connectivity index (χ1) is 35.3. The fraction of sp³-hybridized carbons (Fsp3) is 0.188. The Kier molecular flexibility index (Phi) is 24.1. The molecule has 0 unspecified atom stereocenters. The Labute approximate surface area is 430 Å². The molecular weight excluding hydrogens is 881 g/mol. The minimum absolute atomic E-state index is 0. The summed E-state index contributed by atoms with van der Waals surface area (Å²) in [6.45, 7) is 4.54. The van der Waals surface area contributed by atoms with E-state index in [1.807, 2.05) is 64.6 Å². The largest absolute Gasteiger partial charge is 0.327 e. The molecule has 72 heavy (non-hydrogen) atoms. The molecule has 8 nitrogen and oxygen atoms in total. The van der Waals surface area contributed by atoms with Gasteiger partial charge in [-0.05, 0) is 180 Å². The van der Waals surface area contributed by atoms with Crippen LogP contribution in [0, 0.1) is 47.4 Å². The monoisotopic (exact) mass is 952 g/mol. The first-order valence-corrected chi connectivity index (χ1v) is 24.2. The highest BCUT2D eigenvalue weighted by molar-refractivity contribution is 5.80. The molecule has 0 aliphatic heterocycles. The van der Waals surface area contributed by atoms with E-state index in [4.69, 9.17) is 22.9 Å². The van der Waals surface area contributed by atoms with Gasteiger partial charge >= 0.3 is 0 Å². The second-order valence-electron chi connectivity index (χ2n) is 16.4. The summed E-state index contributed by atoms with van der Waals surface area (Å²) in [5, 5.41) is 12.3. The van der Waals surface area contributed by atoms with E-state index >= 15 is 0 Å². The Morgan fingerprint density at radius 2 is 0.583 bits per heavy atom. The highest BCUT2D eigenvalue weighted by Gasteiger charge is 2.09. The Morgan fingerprint density at radius 1 is 0.333 bits per heavy atom. The lowest BCUT2D eigenvalue weighted by Gasteiger charge is -2.10. The van der Waals surface area contributed by atoms with E-state index in [1.54, 1.807) is 0 Å². The van der Waals surface area contributed by atoms with Crippen LogP contribution in [0.25, 0.3) is 68.8 Å². The fourth-order valence-corrected chi connectivity index (χ4v) is 7.46. The molecule has 0 aliphatic carbocycles. The molecule has 0 saturated heterocycles. The van der Waals surface area contributed by atoms with Crippen LogP contribution in [0.15, 0.2) is 146 Å². The molecule has 0 bridgehead atoms. The van der Waals surface area contributed by atoms with Gasteiger partial charge in [0.05, 0.1) is 26.2 Å². The minimum Gasteiger partial charge on any atom is -0.327 e. The van der Waals surface area contributed by atoms with Crippen LogP contribution in [-0.4, -0.2) is 80.5 Å². The van der Waals surface area contributed by atoms with Crippen LogP contribution in [0.5, 0.6) is 0 Å². The van der Waals surface area contributed by atoms with Gasteiger partial charge in [-0.25, -0.2) is 0 Å². The van der Waals surface area contributed by atoms with Gasteiger partial charge in [-0.15, -0.1) is 0 Å². The average molecular weight is 952 g/mol. The highest BCUT2D eigenvalue weighted by atomic mass is 14.8. The number of nitrogens with two attached hydrogens (primary N) is 4. The van der Waals surface area contributed by atoms with Gasteiger partial charge in [-0.3, -0.25) is 0 Å². The molecule has 12 N–H and O–H groups in total. The number of hydrogen-bond acceptors (Lipinski definition) is 8. The molecule has 6 aromatic rings. The van der Waals surface area contributed by atoms with Crippen molar-refractivity contribution in [2.45, 2.75) is 0 Å². The molecule has 0 atom stereocenters. The van der Waals surface area contributed by atoms with Crippen LogP contribution in [0.4, 0.5) is 0 Å². The van der Waals surface area contributed by atoms with Gasteiger partial charge in [0.1, 0.15) is 0 Å². The van der Waals surface area contributed by atoms with Gasteiger partial charge in [0, 0.05) is 49.9 Å². The van der Waals surface area contributed by atoms with Crippen LogP contribution < -0.4 is 44.2 Å². The molecule has 0 spiro atoms. The third-order valence-electron chi connectivity index (χ3n) is 10.7. The third-order valence-corrected chi connectivity index (χ3v) is 10.7. The summed E-state index contributed by atoms with van der Waals surface area (Å²) >= 11 is 0. The topological polar surface area (TPSA) is 152 Å². The maximum absolute atomic E-state index is 5.67. The van der Waals surface area contributed by atoms with Crippen molar-refractivity contribution < 1.29 is 1.43 Å². The van der Waals surface area contributed by atoms with E-state index in [2.05, 4.69) is 202 Å². The zero-order valence-corrected chi connectivity index (χ0v) is 42.1. The SMILES string of the molecule is CNCC#Cc1cc(C#CCNC)cc(-c2cccc(-c3cc(C#CCNC)cc(C#CCNC)c3)c2)c1.NC/C=C/c1cc(/C=C/CN)cc(-c2cccc(-c3cc(/C=C/CN)cc(/C=C/CN)c3)c2)c1.[2HH]. The van der Waals surface area contributed by atoms with Crippen LogP contribution in [-0.2, 0) is 0 Å². The predicted molar refractivity (Wildman–Crippen MR) is 312 cm³/mol. The molecule has 6 rings (SSSR count). The first kappa shape index (κ1) is 55.1. The van der Waals surface area contributed by atoms with E-state index in [0.717, 1.165) is 89.0 Å². The fourth-order valence-electron chi connectivity index (χ4n) is 7.46. The molecule has 0 fully saturated rings. The van der Waals surface area contributed by atoms with Gasteiger partial charge in [0.25, 0.3) is 0 Å². The van der Waals surface area contributed by atoms with Crippen molar-refractivity contribution in [3.63, 3.8) is 0 Å². The van der Waals surface area contributed by atoms with E-state index < -0.39 is 0 Å². The lowest BCUT2D eigenvalue weighted by Crippen LogP contribution is -2.04. The lowest BCUT2D eigenvalue weighted by atomic mass is 9.94. The van der Waals surface area contributed by atoms with E-state index in [9.17, 15) is 0 Å². The number of hydrogen-bond donors (Lipinski definition) is 8. The van der Waals surface area contributed by atoms with Crippen molar-refractivity contribution in [3.8, 4) is 91.9 Å². The van der Waals surface area contributed by atoms with Crippen LogP contribution in [0.1, 0.15) is 45.9 Å². The van der Waals surface area contributed by atoms with Crippen molar-refractivity contribution in [1.82, 2.24) is 21.3 Å². The summed E-state index contributed by atoms with van der Waals surface area (Å²) < 4.78 is 0. The molecular formula is C64H70N8. The Morgan fingerprint density at radius 3 is 0.819 bits per heavy atom. The Balaban J connectivity index is 0.000000314. The van der Waals surface area contributed by atoms with Crippen LogP contribution in [0.3, 0.4) is 0 Å². The maximum Gasteiger partial charge on any atom is 0.0577 e. The molecule has 0 amide bonds. The number of rotatable bonds is 16. The zero-order valence-electron chi connectivity index (χ0n) is 42.1. The molecule has 0 aromatic heterocycles. The first-order valence-electron chi connectivity index (χ1n) is 24.2. The normalized spacial score (nSPS) is 10.8. The summed E-state index contributed by atoms with van der Waals surface area (Å²) in [6.07, 6.45) is 16.1. The standard InChI is InChI=1S/C34H34N4.C30H34N4.H2/c1-35-16-6-10-27-20-28(11-7-17-36-2)23-33(22-27)31-14-5-15-32(26-31)34-24-29(12-8-18-37-3)21-30(25-34)13-9-19-38-4;31-12-2-6-23-16-24(7-3-13-32)19-29(18-23)27-10-1-11-28(22-27)30-20-25(8-4-14-33)17-26(21-30)9-5-15-34;/h5,14-15,20-26,35-38H,16-19H2,1-4H3;1-11,16-22H,12-15,31-34H2;1H/b;6-2+,7-3+,8-4+,9-5+;/i;;1+1. The quantitative estimate of drug-likeness (QED) is 0.0451. The smallest absolute Gasteiger partial charge is 0.0577 e. The van der Waals surface area contributed by atoms with Crippen molar-refractivity contribution in [3.05, 3.63) is 190 Å². The Bertz CT molecular complexity index is 2770. The van der Waals surface area contributed by atoms with Gasteiger partial charge in [0.15, 0.2) is 0 Å². The van der Waals surface area contributed by atoms with E-state index in [1.165, 1.54) is 0 Å². The second-order valence-corrected chi connectivity index (χ2v) is 16.4. The van der Waals surface area contributed by atoms with Crippen molar-refractivity contribution in [2.24, 2.45) is 22.9 Å². The van der Waals surface area contributed by atoms with Crippen LogP contribution >= 0.6 is 0 Å². The summed E-state index contributed by atoms with van der Waals surface area (Å²) in [5.74, 6) is 25.7. The van der Waals surface area contributed by atoms with Gasteiger partial charge in [-0.2, -0.15) is 0 Å². The van der Waals surface area contributed by atoms with Crippen molar-refractivity contribution in [2.75, 3.05) is 80.5 Å². The van der Waals surface area contributed by atoms with Gasteiger partial charge in [0.2, 0.25) is 0 Å². The summed E-state index contributed by atoms with van der Waals surface area (Å²) in [5.41, 5.74) is 39.8. The van der Waals surface area contributed by atoms with Crippen LogP contribution in [0.2, 0.25) is 0 Å². The van der Waals surface area contributed by atoms with Gasteiger partial charge in [-0.1, -0.05) is 132 Å². The molecule has 0 aliphatic rings. The lowest BCUT2D eigenvalue weighted by molar-refractivity contribution is 0.938. The molecule has 8 heteroatoms. The summed E-state index contributed by atoms with van der Waals surface area (Å²) in [6, 6.07) is 42.7. The minimum atomic E-state index is 0. The maximum atomic E-state index is 5.67. The van der Waals surface area contributed by atoms with Gasteiger partial charge < -0.3 is 44.2 Å². The summed E-state index contributed by atoms with van der Waals surface area (Å²) in [7, 11) is 7.57. The molecule has 0 heterocycles. The summed E-state index contributed by atoms with van der Waals surface area (Å²) in [4.78, 5) is 0. The van der Waals surface area contributed by atoms with E-state index in [-0.39, 0.29) is 1.43 Å². The average Bonchev–Trinajstić information content (AvgIpc) is 3.41. The number of benzene rings is 6. The molecule has 0 saturated carbocycles. The highest BCUT2D eigenvalue weighted by Crippen LogP contribution is 2.32. The van der Waals surface area contributed by atoms with Crippen molar-refractivity contribution >= 4 is 24.3 Å². The predicted octanol–water partition coefficient (Wildman–Crippen LogP) is 8.46. The second kappa shape index (κ2) is 31.4. The molecule has 366 valence electrons. The molecule has 0 radical (unpaired) electrons. The van der Waals surface area contributed by atoms with Crippen molar-refractivity contribution in [1.29, 1.82) is 0 Å². The number of nitrogens with one attached hydrogen (secondary N) is 4. The molecule has 6 aromatic carbocycles. The zero-order chi connectivity index (χ0) is 51.2. The van der Waals surface area contributed by atoms with E-state index in [0.29, 0.717) is 52.4 Å².